The zero-order valence-electron chi connectivity index (χ0n) is 18.3. The first kappa shape index (κ1) is 28.7. The maximum Gasteiger partial charge on any atom is 0.326 e. The average molecular weight is 463 g/mol. The van der Waals surface area contributed by atoms with E-state index in [1.807, 2.05) is 6.92 Å². The molecule has 0 fully saturated rings. The van der Waals surface area contributed by atoms with Gasteiger partial charge in [-0.3, -0.25) is 19.2 Å². The molecule has 0 aliphatic heterocycles. The molecule has 0 bridgehead atoms. The van der Waals surface area contributed by atoms with Gasteiger partial charge in [-0.05, 0) is 18.3 Å². The van der Waals surface area contributed by atoms with Crippen LogP contribution >= 0.6 is 12.6 Å². The van der Waals surface area contributed by atoms with E-state index >= 15 is 0 Å². The fraction of sp³-hybridized carbons (Fsp3) is 0.737. The Hall–Kier alpha value is -2.34. The highest BCUT2D eigenvalue weighted by Crippen LogP contribution is 2.10. The molecule has 0 spiro atoms. The highest BCUT2D eigenvalue weighted by Gasteiger charge is 2.32. The summed E-state index contributed by atoms with van der Waals surface area (Å²) in [7, 11) is 0. The molecule has 31 heavy (non-hydrogen) atoms. The number of amides is 3. The van der Waals surface area contributed by atoms with Crippen LogP contribution in [0.25, 0.3) is 0 Å². The van der Waals surface area contributed by atoms with Crippen LogP contribution in [0.4, 0.5) is 0 Å². The number of carboxylic acids is 2. The number of carbonyl (C=O) groups is 5. The second-order valence-electron chi connectivity index (χ2n) is 7.72. The summed E-state index contributed by atoms with van der Waals surface area (Å²) < 4.78 is 0. The van der Waals surface area contributed by atoms with E-state index in [0.717, 1.165) is 0 Å². The van der Waals surface area contributed by atoms with Crippen molar-refractivity contribution in [3.05, 3.63) is 0 Å². The number of hydrogen-bond acceptors (Lipinski definition) is 7. The van der Waals surface area contributed by atoms with Crippen molar-refractivity contribution in [2.75, 3.05) is 5.75 Å². The van der Waals surface area contributed by atoms with Crippen molar-refractivity contribution in [2.45, 2.75) is 71.1 Å². The van der Waals surface area contributed by atoms with Gasteiger partial charge in [0.25, 0.3) is 0 Å². The molecule has 5 atom stereocenters. The van der Waals surface area contributed by atoms with Gasteiger partial charge in [0, 0.05) is 12.2 Å². The third-order valence-electron chi connectivity index (χ3n) is 4.89. The third kappa shape index (κ3) is 10.0. The number of carboxylic acid groups (broad SMARTS) is 2. The van der Waals surface area contributed by atoms with Crippen molar-refractivity contribution in [3.8, 4) is 0 Å². The van der Waals surface area contributed by atoms with Crippen LogP contribution in [0.5, 0.6) is 0 Å². The van der Waals surface area contributed by atoms with Crippen molar-refractivity contribution >= 4 is 42.3 Å². The number of nitrogens with one attached hydrogen (secondary N) is 3. The quantitative estimate of drug-likeness (QED) is 0.166. The Kier molecular flexibility index (Phi) is 12.8. The molecule has 0 aliphatic carbocycles. The average Bonchev–Trinajstić information content (AvgIpc) is 2.70. The molecule has 7 N–H and O–H groups in total. The Morgan fingerprint density at radius 3 is 1.87 bits per heavy atom. The predicted octanol–water partition coefficient (Wildman–Crippen LogP) is -0.651. The Labute approximate surface area is 187 Å². The van der Waals surface area contributed by atoms with Crippen LogP contribution in [0.1, 0.15) is 47.0 Å². The Balaban J connectivity index is 5.29. The smallest absolute Gasteiger partial charge is 0.326 e. The minimum atomic E-state index is -1.43. The molecule has 178 valence electrons. The van der Waals surface area contributed by atoms with Crippen molar-refractivity contribution in [1.29, 1.82) is 0 Å². The zero-order valence-corrected chi connectivity index (χ0v) is 19.1. The summed E-state index contributed by atoms with van der Waals surface area (Å²) in [4.78, 5) is 59.6. The molecule has 11 nitrogen and oxygen atoms in total. The Morgan fingerprint density at radius 2 is 1.45 bits per heavy atom. The zero-order chi connectivity index (χ0) is 24.3. The molecule has 0 saturated carbocycles. The highest BCUT2D eigenvalue weighted by molar-refractivity contribution is 7.80. The first-order valence-corrected chi connectivity index (χ1v) is 10.7. The molecular formula is C19H34N4O7S. The lowest BCUT2D eigenvalue weighted by molar-refractivity contribution is -0.143. The summed E-state index contributed by atoms with van der Waals surface area (Å²) in [6, 6.07) is -4.39. The van der Waals surface area contributed by atoms with Crippen LogP contribution < -0.4 is 21.7 Å². The molecule has 0 aromatic carbocycles. The maximum atomic E-state index is 12.8. The fourth-order valence-corrected chi connectivity index (χ4v) is 2.76. The maximum absolute atomic E-state index is 12.8. The summed E-state index contributed by atoms with van der Waals surface area (Å²) in [5.41, 5.74) is 5.84. The Morgan fingerprint density at radius 1 is 0.903 bits per heavy atom. The van der Waals surface area contributed by atoms with E-state index in [2.05, 4.69) is 28.6 Å². The lowest BCUT2D eigenvalue weighted by atomic mass is 9.96. The van der Waals surface area contributed by atoms with E-state index in [4.69, 9.17) is 10.8 Å². The van der Waals surface area contributed by atoms with E-state index in [-0.39, 0.29) is 24.0 Å². The molecular weight excluding hydrogens is 428 g/mol. The topological polar surface area (TPSA) is 188 Å². The summed E-state index contributed by atoms with van der Waals surface area (Å²) in [6.45, 7) is 7.13. The second-order valence-corrected chi connectivity index (χ2v) is 8.08. The number of rotatable bonds is 14. The normalized spacial score (nSPS) is 15.8. The minimum Gasteiger partial charge on any atom is -0.481 e. The lowest BCUT2D eigenvalue weighted by Gasteiger charge is -2.28. The van der Waals surface area contributed by atoms with E-state index < -0.39 is 60.2 Å². The summed E-state index contributed by atoms with van der Waals surface area (Å²) in [5.74, 6) is -5.11. The molecule has 0 aromatic heterocycles. The number of carbonyl (C=O) groups excluding carboxylic acids is 3. The van der Waals surface area contributed by atoms with Gasteiger partial charge in [0.05, 0.1) is 6.04 Å². The number of thiol groups is 1. The molecule has 0 aromatic rings. The summed E-state index contributed by atoms with van der Waals surface area (Å²) >= 11 is 4.04. The second kappa shape index (κ2) is 13.9. The molecule has 0 rings (SSSR count). The van der Waals surface area contributed by atoms with Crippen LogP contribution in [0.3, 0.4) is 0 Å². The van der Waals surface area contributed by atoms with Crippen molar-refractivity contribution in [1.82, 2.24) is 16.0 Å². The molecule has 0 aliphatic rings. The van der Waals surface area contributed by atoms with E-state index in [1.165, 1.54) is 0 Å². The van der Waals surface area contributed by atoms with Crippen LogP contribution in [0, 0.1) is 11.8 Å². The molecule has 0 saturated heterocycles. The third-order valence-corrected chi connectivity index (χ3v) is 5.26. The highest BCUT2D eigenvalue weighted by atomic mass is 32.1. The molecule has 3 amide bonds. The van der Waals surface area contributed by atoms with Gasteiger partial charge >= 0.3 is 11.9 Å². The molecule has 12 heteroatoms. The van der Waals surface area contributed by atoms with Crippen LogP contribution in [0.2, 0.25) is 0 Å². The van der Waals surface area contributed by atoms with Gasteiger partial charge in [-0.25, -0.2) is 4.79 Å². The van der Waals surface area contributed by atoms with Crippen LogP contribution in [0.15, 0.2) is 0 Å². The van der Waals surface area contributed by atoms with Gasteiger partial charge in [-0.15, -0.1) is 0 Å². The first-order valence-electron chi connectivity index (χ1n) is 10.1. The van der Waals surface area contributed by atoms with E-state index in [0.29, 0.717) is 6.42 Å². The van der Waals surface area contributed by atoms with Gasteiger partial charge < -0.3 is 31.9 Å². The van der Waals surface area contributed by atoms with Gasteiger partial charge in [-0.1, -0.05) is 34.1 Å². The molecule has 0 heterocycles. The van der Waals surface area contributed by atoms with Gasteiger partial charge in [-0.2, -0.15) is 12.6 Å². The van der Waals surface area contributed by atoms with Gasteiger partial charge in [0.2, 0.25) is 17.7 Å². The predicted molar refractivity (Wildman–Crippen MR) is 116 cm³/mol. The van der Waals surface area contributed by atoms with Crippen molar-refractivity contribution in [2.24, 2.45) is 17.6 Å². The largest absolute Gasteiger partial charge is 0.481 e. The van der Waals surface area contributed by atoms with E-state index in [1.54, 1.807) is 20.8 Å². The van der Waals surface area contributed by atoms with Gasteiger partial charge in [0.1, 0.15) is 18.1 Å². The SMILES string of the molecule is CCC(C)C(NC(=O)C(N)C(C)C)C(=O)NC(CS)C(=O)NC(CCC(=O)O)C(=O)O. The van der Waals surface area contributed by atoms with E-state index in [9.17, 15) is 29.1 Å². The molecule has 0 radical (unpaired) electrons. The first-order chi connectivity index (χ1) is 14.3. The summed E-state index contributed by atoms with van der Waals surface area (Å²) in [5, 5.41) is 25.2. The summed E-state index contributed by atoms with van der Waals surface area (Å²) in [6.07, 6.45) is -0.209. The fourth-order valence-electron chi connectivity index (χ4n) is 2.51. The minimum absolute atomic E-state index is 0.143. The standard InChI is InChI=1S/C19H34N4O7S/c1-5-10(4)15(23-17(27)14(20)9(2)3)18(28)22-12(8-31)16(26)21-11(19(29)30)6-7-13(24)25/h9-12,14-15,31H,5-8,20H2,1-4H3,(H,21,26)(H,22,28)(H,23,27)(H,24,25)(H,29,30). The Bertz CT molecular complexity index is 659. The van der Waals surface area contributed by atoms with Crippen LogP contribution in [-0.2, 0) is 24.0 Å². The van der Waals surface area contributed by atoms with Gasteiger partial charge in [0.15, 0.2) is 0 Å². The van der Waals surface area contributed by atoms with Crippen molar-refractivity contribution < 1.29 is 34.2 Å². The number of nitrogens with two attached hydrogens (primary N) is 1. The van der Waals surface area contributed by atoms with Crippen molar-refractivity contribution in [3.63, 3.8) is 0 Å². The van der Waals surface area contributed by atoms with Crippen LogP contribution in [-0.4, -0.2) is 69.8 Å². The number of aliphatic carboxylic acids is 2. The molecule has 5 unspecified atom stereocenters. The monoisotopic (exact) mass is 462 g/mol. The number of hydrogen-bond donors (Lipinski definition) is 7. The lowest BCUT2D eigenvalue weighted by Crippen LogP contribution is -2.59.